The summed E-state index contributed by atoms with van der Waals surface area (Å²) in [5.41, 5.74) is 0.278. The van der Waals surface area contributed by atoms with Crippen LogP contribution >= 0.6 is 11.3 Å². The van der Waals surface area contributed by atoms with Gasteiger partial charge in [-0.1, -0.05) is 0 Å². The predicted octanol–water partition coefficient (Wildman–Crippen LogP) is 2.33. The molecular formula is C21H28N2O6S. The van der Waals surface area contributed by atoms with E-state index in [0.29, 0.717) is 10.4 Å². The van der Waals surface area contributed by atoms with Crippen molar-refractivity contribution in [1.82, 2.24) is 9.80 Å². The Morgan fingerprint density at radius 3 is 2.17 bits per heavy atom. The zero-order valence-electron chi connectivity index (χ0n) is 18.7. The third-order valence-electron chi connectivity index (χ3n) is 4.62. The van der Waals surface area contributed by atoms with Gasteiger partial charge in [0, 0.05) is 31.6 Å². The number of likely N-dealkylation sites (N-methyl/N-ethyl adjacent to an activating group) is 2. The van der Waals surface area contributed by atoms with Crippen molar-refractivity contribution in [3.05, 3.63) is 32.3 Å². The van der Waals surface area contributed by atoms with Crippen LogP contribution in [0.2, 0.25) is 0 Å². The summed E-state index contributed by atoms with van der Waals surface area (Å²) in [5, 5.41) is 0. The van der Waals surface area contributed by atoms with Crippen LogP contribution in [0.15, 0.2) is 11.4 Å². The van der Waals surface area contributed by atoms with Crippen molar-refractivity contribution in [3.63, 3.8) is 0 Å². The number of ketones is 2. The summed E-state index contributed by atoms with van der Waals surface area (Å²) in [4.78, 5) is 55.2. The van der Waals surface area contributed by atoms with Gasteiger partial charge in [-0.2, -0.15) is 0 Å². The number of hydrogen-bond acceptors (Lipinski definition) is 8. The highest BCUT2D eigenvalue weighted by Gasteiger charge is 2.40. The summed E-state index contributed by atoms with van der Waals surface area (Å²) in [7, 11) is 4.31. The second kappa shape index (κ2) is 8.69. The number of hydrogen-bond donors (Lipinski definition) is 0. The first kappa shape index (κ1) is 23.8. The standard InChI is InChI=1S/C21H28N2O6S/c1-11-12(2)30-20-15(11)18(26)16(22(6)9-14(25)29-21(3,4)5)17(19(20)27)23(7)13(24)10-28-8/h9-10H2,1-8H3. The highest BCUT2D eigenvalue weighted by atomic mass is 32.1. The summed E-state index contributed by atoms with van der Waals surface area (Å²) >= 11 is 1.23. The summed E-state index contributed by atoms with van der Waals surface area (Å²) in [6, 6.07) is 0. The molecule has 0 unspecified atom stereocenters. The number of methoxy groups -OCH3 is 1. The largest absolute Gasteiger partial charge is 0.459 e. The molecule has 0 bridgehead atoms. The lowest BCUT2D eigenvalue weighted by Crippen LogP contribution is -2.42. The van der Waals surface area contributed by atoms with Crippen LogP contribution < -0.4 is 0 Å². The zero-order chi connectivity index (χ0) is 23.0. The van der Waals surface area contributed by atoms with Crippen molar-refractivity contribution < 1.29 is 28.7 Å². The number of nitrogens with zero attached hydrogens (tertiary/aromatic N) is 2. The van der Waals surface area contributed by atoms with Crippen LogP contribution in [0.1, 0.15) is 51.2 Å². The molecule has 2 rings (SSSR count). The fourth-order valence-corrected chi connectivity index (χ4v) is 4.26. The third-order valence-corrected chi connectivity index (χ3v) is 5.82. The second-order valence-electron chi connectivity index (χ2n) is 8.17. The number of carbonyl (C=O) groups is 4. The summed E-state index contributed by atoms with van der Waals surface area (Å²) in [6.45, 7) is 8.34. The van der Waals surface area contributed by atoms with E-state index >= 15 is 0 Å². The maximum absolute atomic E-state index is 13.4. The number of amides is 1. The molecule has 1 aromatic heterocycles. The van der Waals surface area contributed by atoms with Gasteiger partial charge < -0.3 is 19.3 Å². The maximum Gasteiger partial charge on any atom is 0.326 e. The normalized spacial score (nSPS) is 14.0. The minimum atomic E-state index is -0.693. The Kier molecular flexibility index (Phi) is 6.88. The van der Waals surface area contributed by atoms with Crippen molar-refractivity contribution in [1.29, 1.82) is 0 Å². The van der Waals surface area contributed by atoms with Crippen LogP contribution in [0.4, 0.5) is 0 Å². The quantitative estimate of drug-likeness (QED) is 0.632. The molecule has 1 aliphatic rings. The molecule has 0 aromatic carbocycles. The molecular weight excluding hydrogens is 408 g/mol. The number of aryl methyl sites for hydroxylation is 1. The molecule has 0 radical (unpaired) electrons. The van der Waals surface area contributed by atoms with Crippen LogP contribution in [-0.2, 0) is 19.1 Å². The van der Waals surface area contributed by atoms with E-state index in [1.807, 2.05) is 6.92 Å². The Morgan fingerprint density at radius 2 is 1.63 bits per heavy atom. The Hall–Kier alpha value is -2.52. The van der Waals surface area contributed by atoms with E-state index in [0.717, 1.165) is 15.3 Å². The van der Waals surface area contributed by atoms with E-state index in [1.54, 1.807) is 27.7 Å². The molecule has 0 N–H and O–H groups in total. The molecule has 1 amide bonds. The topological polar surface area (TPSA) is 93.2 Å². The van der Waals surface area contributed by atoms with E-state index < -0.39 is 29.0 Å². The van der Waals surface area contributed by atoms with Gasteiger partial charge in [0.25, 0.3) is 5.91 Å². The highest BCUT2D eigenvalue weighted by molar-refractivity contribution is 7.15. The van der Waals surface area contributed by atoms with Crippen molar-refractivity contribution in [2.24, 2.45) is 0 Å². The molecule has 1 heterocycles. The number of ether oxygens (including phenoxy) is 2. The number of Topliss-reactive ketones (excluding diaryl/α,β-unsaturated/α-hetero) is 2. The number of esters is 1. The van der Waals surface area contributed by atoms with Crippen molar-refractivity contribution >= 4 is 34.8 Å². The molecule has 0 saturated heterocycles. The number of fused-ring (bicyclic) bond motifs is 1. The molecule has 8 nitrogen and oxygen atoms in total. The smallest absolute Gasteiger partial charge is 0.326 e. The van der Waals surface area contributed by atoms with Crippen LogP contribution in [0.25, 0.3) is 0 Å². The Labute approximate surface area is 180 Å². The van der Waals surface area contributed by atoms with E-state index in [2.05, 4.69) is 0 Å². The monoisotopic (exact) mass is 436 g/mol. The van der Waals surface area contributed by atoms with Gasteiger partial charge in [-0.3, -0.25) is 19.2 Å². The zero-order valence-corrected chi connectivity index (χ0v) is 19.5. The molecule has 0 spiro atoms. The number of thiophene rings is 1. The van der Waals surface area contributed by atoms with Gasteiger partial charge in [-0.15, -0.1) is 11.3 Å². The third kappa shape index (κ3) is 4.62. The van der Waals surface area contributed by atoms with E-state index in [9.17, 15) is 19.2 Å². The van der Waals surface area contributed by atoms with Gasteiger partial charge in [0.1, 0.15) is 30.1 Å². The van der Waals surface area contributed by atoms with Gasteiger partial charge in [0.15, 0.2) is 0 Å². The molecule has 164 valence electrons. The first-order valence-corrected chi connectivity index (χ1v) is 10.2. The molecule has 30 heavy (non-hydrogen) atoms. The lowest BCUT2D eigenvalue weighted by molar-refractivity contribution is -0.155. The van der Waals surface area contributed by atoms with Gasteiger partial charge in [0.2, 0.25) is 11.6 Å². The van der Waals surface area contributed by atoms with Crippen LogP contribution in [-0.4, -0.2) is 73.2 Å². The minimum absolute atomic E-state index is 0.00814. The molecule has 0 saturated carbocycles. The molecule has 0 atom stereocenters. The fourth-order valence-electron chi connectivity index (χ4n) is 3.16. The van der Waals surface area contributed by atoms with Crippen molar-refractivity contribution in [2.45, 2.75) is 40.2 Å². The van der Waals surface area contributed by atoms with Crippen LogP contribution in [0, 0.1) is 13.8 Å². The fraction of sp³-hybridized carbons (Fsp3) is 0.524. The number of allylic oxidation sites excluding steroid dienone is 2. The molecule has 0 aliphatic heterocycles. The van der Waals surface area contributed by atoms with Gasteiger partial charge in [-0.05, 0) is 40.2 Å². The Morgan fingerprint density at radius 1 is 1.03 bits per heavy atom. The van der Waals surface area contributed by atoms with Crippen LogP contribution in [0.3, 0.4) is 0 Å². The molecule has 1 aromatic rings. The summed E-state index contributed by atoms with van der Waals surface area (Å²) < 4.78 is 10.2. The highest BCUT2D eigenvalue weighted by Crippen LogP contribution is 2.37. The lowest BCUT2D eigenvalue weighted by Gasteiger charge is -2.31. The van der Waals surface area contributed by atoms with Gasteiger partial charge in [0.05, 0.1) is 4.88 Å². The first-order chi connectivity index (χ1) is 13.8. The average Bonchev–Trinajstić information content (AvgIpc) is 2.91. The molecule has 9 heteroatoms. The predicted molar refractivity (Wildman–Crippen MR) is 113 cm³/mol. The number of rotatable bonds is 6. The van der Waals surface area contributed by atoms with Crippen molar-refractivity contribution in [2.75, 3.05) is 34.4 Å². The van der Waals surface area contributed by atoms with Gasteiger partial charge in [-0.25, -0.2) is 0 Å². The first-order valence-electron chi connectivity index (χ1n) is 9.42. The van der Waals surface area contributed by atoms with E-state index in [1.165, 1.54) is 37.4 Å². The number of carbonyl (C=O) groups excluding carboxylic acids is 4. The molecule has 1 aliphatic carbocycles. The van der Waals surface area contributed by atoms with Crippen LogP contribution in [0.5, 0.6) is 0 Å². The SMILES string of the molecule is COCC(=O)N(C)C1=C(N(C)CC(=O)OC(C)(C)C)C(=O)c2c(sc(C)c2C)C1=O. The second-order valence-corrected chi connectivity index (χ2v) is 9.40. The van der Waals surface area contributed by atoms with Crippen molar-refractivity contribution in [3.8, 4) is 0 Å². The Bertz CT molecular complexity index is 938. The average molecular weight is 437 g/mol. The molecule has 0 fully saturated rings. The maximum atomic E-state index is 13.4. The minimum Gasteiger partial charge on any atom is -0.459 e. The lowest BCUT2D eigenvalue weighted by atomic mass is 9.92. The van der Waals surface area contributed by atoms with E-state index in [4.69, 9.17) is 9.47 Å². The summed E-state index contributed by atoms with van der Waals surface area (Å²) in [5.74, 6) is -1.86. The Balaban J connectivity index is 2.57. The summed E-state index contributed by atoms with van der Waals surface area (Å²) in [6.07, 6.45) is 0. The van der Waals surface area contributed by atoms with E-state index in [-0.39, 0.29) is 24.5 Å². The van der Waals surface area contributed by atoms with Gasteiger partial charge >= 0.3 is 5.97 Å².